The van der Waals surface area contributed by atoms with E-state index in [4.69, 9.17) is 20.9 Å². The zero-order valence-electron chi connectivity index (χ0n) is 28.9. The van der Waals surface area contributed by atoms with Gasteiger partial charge >= 0.3 is 11.9 Å². The van der Waals surface area contributed by atoms with E-state index in [1.165, 1.54) is 51.7 Å². The first-order chi connectivity index (χ1) is 26.2. The van der Waals surface area contributed by atoms with Gasteiger partial charge in [-0.25, -0.2) is 29.5 Å². The molecule has 0 aromatic carbocycles. The van der Waals surface area contributed by atoms with Crippen LogP contribution in [0.25, 0.3) is 23.3 Å². The molecule has 22 nitrogen and oxygen atoms in total. The Morgan fingerprint density at radius 3 is 1.44 bits per heavy atom. The normalized spacial score (nSPS) is 11.5. The number of azo groups is 2. The third-order valence-electron chi connectivity index (χ3n) is 7.72. The molecule has 22 heteroatoms. The lowest BCUT2D eigenvalue weighted by Gasteiger charge is -2.07. The number of anilines is 2. The molecule has 54 heavy (non-hydrogen) atoms. The third-order valence-corrected chi connectivity index (χ3v) is 7.72. The lowest BCUT2D eigenvalue weighted by atomic mass is 10.3. The van der Waals surface area contributed by atoms with Gasteiger partial charge in [-0.3, -0.25) is 0 Å². The molecule has 0 amide bonds. The number of aromatic nitrogens is 12. The standard InChI is InChI=1S/C32H28N18O4/c1-17-25(41-43-29-19(31(51)53-3)14-39-49(29)21-9-5-7-11-35-21)27(33)47(45-17)23-13-24(38-16-37-23)48-28(34)26(18(2)46-48)42-44-30-20(32(52)54-4)15-40-50(30)22-10-6-8-12-36-22/h5-16H,33-34H2,1-4H3/b43-41+,44-42+. The van der Waals surface area contributed by atoms with Crippen molar-refractivity contribution < 1.29 is 19.1 Å². The average Bonchev–Trinajstić information content (AvgIpc) is 3.96. The maximum atomic E-state index is 12.5. The number of pyridine rings is 2. The number of ether oxygens (including phenoxy) is 2. The summed E-state index contributed by atoms with van der Waals surface area (Å²) >= 11 is 0. The molecule has 7 aromatic heterocycles. The molecule has 7 aromatic rings. The number of nitrogens with two attached hydrogens (primary N) is 2. The average molecular weight is 729 g/mol. The van der Waals surface area contributed by atoms with Gasteiger partial charge in [0.25, 0.3) is 0 Å². The molecule has 7 heterocycles. The summed E-state index contributed by atoms with van der Waals surface area (Å²) in [5.74, 6) is 0.240. The van der Waals surface area contributed by atoms with Crippen LogP contribution in [0.4, 0.5) is 34.6 Å². The summed E-state index contributed by atoms with van der Waals surface area (Å²) in [6, 6.07) is 11.9. The Morgan fingerprint density at radius 1 is 0.611 bits per heavy atom. The second-order valence-electron chi connectivity index (χ2n) is 11.0. The van der Waals surface area contributed by atoms with Crippen LogP contribution in [0.3, 0.4) is 0 Å². The van der Waals surface area contributed by atoms with Crippen molar-refractivity contribution in [2.24, 2.45) is 20.5 Å². The van der Waals surface area contributed by atoms with Gasteiger partial charge in [-0.15, -0.1) is 20.5 Å². The first-order valence-electron chi connectivity index (χ1n) is 15.7. The van der Waals surface area contributed by atoms with E-state index in [0.29, 0.717) is 23.0 Å². The first kappa shape index (κ1) is 34.4. The van der Waals surface area contributed by atoms with Crippen LogP contribution < -0.4 is 11.5 Å². The molecule has 0 bridgehead atoms. The van der Waals surface area contributed by atoms with E-state index in [0.717, 1.165) is 0 Å². The number of carbonyl (C=O) groups is 2. The van der Waals surface area contributed by atoms with E-state index in [1.54, 1.807) is 68.7 Å². The second kappa shape index (κ2) is 14.3. The number of methoxy groups -OCH3 is 2. The summed E-state index contributed by atoms with van der Waals surface area (Å²) in [5.41, 5.74) is 14.4. The highest BCUT2D eigenvalue weighted by Crippen LogP contribution is 2.34. The van der Waals surface area contributed by atoms with Gasteiger partial charge in [-0.1, -0.05) is 12.1 Å². The maximum absolute atomic E-state index is 12.5. The van der Waals surface area contributed by atoms with Crippen LogP contribution >= 0.6 is 0 Å². The van der Waals surface area contributed by atoms with Crippen LogP contribution in [0.1, 0.15) is 32.1 Å². The lowest BCUT2D eigenvalue weighted by Crippen LogP contribution is -2.09. The molecule has 0 aliphatic carbocycles. The molecule has 0 aliphatic rings. The minimum Gasteiger partial charge on any atom is -0.465 e. The Kier molecular flexibility index (Phi) is 9.11. The predicted molar refractivity (Wildman–Crippen MR) is 188 cm³/mol. The van der Waals surface area contributed by atoms with Gasteiger partial charge in [0, 0.05) is 18.5 Å². The largest absolute Gasteiger partial charge is 0.465 e. The molecule has 0 saturated heterocycles. The number of hydrogen-bond acceptors (Lipinski definition) is 18. The molecule has 7 rings (SSSR count). The van der Waals surface area contributed by atoms with Gasteiger partial charge in [0.1, 0.15) is 17.5 Å². The molecular weight excluding hydrogens is 700 g/mol. The van der Waals surface area contributed by atoms with E-state index in [-0.39, 0.29) is 57.4 Å². The van der Waals surface area contributed by atoms with Gasteiger partial charge in [-0.2, -0.15) is 39.1 Å². The van der Waals surface area contributed by atoms with Crippen molar-refractivity contribution >= 4 is 46.6 Å². The van der Waals surface area contributed by atoms with E-state index in [2.05, 4.69) is 60.8 Å². The number of rotatable bonds is 10. The number of nitrogens with zero attached hydrogens (tertiary/aromatic N) is 16. The Bertz CT molecular complexity index is 2400. The van der Waals surface area contributed by atoms with Gasteiger partial charge in [0.05, 0.1) is 38.0 Å². The first-order valence-corrected chi connectivity index (χ1v) is 15.7. The van der Waals surface area contributed by atoms with Gasteiger partial charge in [0.2, 0.25) is 0 Å². The van der Waals surface area contributed by atoms with Crippen molar-refractivity contribution in [2.45, 2.75) is 13.8 Å². The van der Waals surface area contributed by atoms with Crippen LogP contribution in [-0.4, -0.2) is 85.2 Å². The minimum absolute atomic E-state index is 0.0599. The Labute approximate surface area is 303 Å². The number of carbonyl (C=O) groups excluding carboxylic acids is 2. The van der Waals surface area contributed by atoms with Crippen molar-refractivity contribution in [1.82, 2.24) is 59.1 Å². The number of nitrogen functional groups attached to an aromatic ring is 2. The van der Waals surface area contributed by atoms with Gasteiger partial charge in [0.15, 0.2) is 57.9 Å². The van der Waals surface area contributed by atoms with Crippen LogP contribution in [0.2, 0.25) is 0 Å². The fraction of sp³-hybridized carbons (Fsp3) is 0.125. The van der Waals surface area contributed by atoms with E-state index >= 15 is 0 Å². The van der Waals surface area contributed by atoms with Gasteiger partial charge < -0.3 is 20.9 Å². The summed E-state index contributed by atoms with van der Waals surface area (Å²) in [7, 11) is 2.49. The quantitative estimate of drug-likeness (QED) is 0.148. The highest BCUT2D eigenvalue weighted by molar-refractivity contribution is 5.94. The van der Waals surface area contributed by atoms with Crippen molar-refractivity contribution in [1.29, 1.82) is 0 Å². The third kappa shape index (κ3) is 6.25. The highest BCUT2D eigenvalue weighted by Gasteiger charge is 2.23. The summed E-state index contributed by atoms with van der Waals surface area (Å²) in [5, 5.41) is 34.8. The minimum atomic E-state index is -0.667. The van der Waals surface area contributed by atoms with Crippen molar-refractivity contribution in [3.05, 3.63) is 96.1 Å². The smallest absolute Gasteiger partial charge is 0.343 e. The van der Waals surface area contributed by atoms with Crippen LogP contribution in [0.5, 0.6) is 0 Å². The molecule has 0 radical (unpaired) electrons. The Morgan fingerprint density at radius 2 is 1.06 bits per heavy atom. The Balaban J connectivity index is 1.21. The molecule has 0 unspecified atom stereocenters. The highest BCUT2D eigenvalue weighted by atomic mass is 16.5. The van der Waals surface area contributed by atoms with Gasteiger partial charge in [-0.05, 0) is 38.1 Å². The zero-order chi connectivity index (χ0) is 37.9. The van der Waals surface area contributed by atoms with Crippen molar-refractivity contribution in [3.63, 3.8) is 0 Å². The number of aryl methyl sites for hydroxylation is 2. The molecule has 0 saturated carbocycles. The number of hydrogen-bond donors (Lipinski definition) is 2. The fourth-order valence-electron chi connectivity index (χ4n) is 5.11. The monoisotopic (exact) mass is 728 g/mol. The summed E-state index contributed by atoms with van der Waals surface area (Å²) < 4.78 is 15.2. The summed E-state index contributed by atoms with van der Waals surface area (Å²) in [6.45, 7) is 3.36. The molecule has 0 spiro atoms. The summed E-state index contributed by atoms with van der Waals surface area (Å²) in [6.07, 6.45) is 7.04. The van der Waals surface area contributed by atoms with E-state index in [1.807, 2.05) is 0 Å². The zero-order valence-corrected chi connectivity index (χ0v) is 28.9. The van der Waals surface area contributed by atoms with Crippen LogP contribution in [-0.2, 0) is 9.47 Å². The SMILES string of the molecule is COC(=O)c1cnn(-c2ccccn2)c1/N=N/c1c(C)nn(-c2cc(-n3nc(C)c(/N=N/c4c(C(=O)OC)cnn4-c4ccccn4)c3N)ncn2)c1N. The van der Waals surface area contributed by atoms with Crippen LogP contribution in [0, 0.1) is 13.8 Å². The fourth-order valence-corrected chi connectivity index (χ4v) is 5.11. The molecule has 0 fully saturated rings. The summed E-state index contributed by atoms with van der Waals surface area (Å²) in [4.78, 5) is 42.3. The molecule has 0 aliphatic heterocycles. The second-order valence-corrected chi connectivity index (χ2v) is 11.0. The van der Waals surface area contributed by atoms with E-state index < -0.39 is 11.9 Å². The number of esters is 2. The predicted octanol–water partition coefficient (Wildman–Crippen LogP) is 4.19. The van der Waals surface area contributed by atoms with Crippen molar-refractivity contribution in [3.8, 4) is 23.3 Å². The topological polar surface area (TPSA) is 277 Å². The molecule has 270 valence electrons. The Hall–Kier alpha value is -8.04. The maximum Gasteiger partial charge on any atom is 0.343 e. The van der Waals surface area contributed by atoms with Crippen LogP contribution in [0.15, 0.2) is 94.0 Å². The van der Waals surface area contributed by atoms with Crippen molar-refractivity contribution in [2.75, 3.05) is 25.7 Å². The molecular formula is C32H28N18O4. The molecule has 4 N–H and O–H groups in total. The molecule has 0 atom stereocenters. The lowest BCUT2D eigenvalue weighted by molar-refractivity contribution is 0.0592. The van der Waals surface area contributed by atoms with E-state index in [9.17, 15) is 9.59 Å².